The lowest BCUT2D eigenvalue weighted by Gasteiger charge is -2.12. The number of carbonyl (C=O) groups is 2. The van der Waals surface area contributed by atoms with Crippen LogP contribution in [0.1, 0.15) is 5.56 Å². The number of rotatable bonds is 7. The quantitative estimate of drug-likeness (QED) is 0.595. The molecular weight excluding hydrogens is 327 g/mol. The lowest BCUT2D eigenvalue weighted by atomic mass is 10.2. The average Bonchev–Trinajstić information content (AvgIpc) is 2.62. The summed E-state index contributed by atoms with van der Waals surface area (Å²) < 4.78 is 23.9. The number of methoxy groups -OCH3 is 1. The summed E-state index contributed by atoms with van der Waals surface area (Å²) in [6, 6.07) is 12.8. The van der Waals surface area contributed by atoms with Gasteiger partial charge in [-0.2, -0.15) is 0 Å². The van der Waals surface area contributed by atoms with Gasteiger partial charge < -0.3 is 20.1 Å². The van der Waals surface area contributed by atoms with Gasteiger partial charge in [-0.3, -0.25) is 9.59 Å². The summed E-state index contributed by atoms with van der Waals surface area (Å²) in [6.07, 6.45) is 0. The van der Waals surface area contributed by atoms with Crippen LogP contribution in [0, 0.1) is 5.82 Å². The molecule has 2 rings (SSSR count). The van der Waals surface area contributed by atoms with Gasteiger partial charge in [-0.15, -0.1) is 0 Å². The number of amides is 2. The zero-order valence-corrected chi connectivity index (χ0v) is 13.8. The van der Waals surface area contributed by atoms with Gasteiger partial charge in [0.25, 0.3) is 0 Å². The largest absolute Gasteiger partial charge is 0.489 e. The Morgan fingerprint density at radius 3 is 2.48 bits per heavy atom. The van der Waals surface area contributed by atoms with Gasteiger partial charge in [0.2, 0.25) is 0 Å². The van der Waals surface area contributed by atoms with E-state index in [0.29, 0.717) is 30.2 Å². The van der Waals surface area contributed by atoms with Crippen molar-refractivity contribution in [2.45, 2.75) is 6.54 Å². The fourth-order valence-electron chi connectivity index (χ4n) is 2.01. The lowest BCUT2D eigenvalue weighted by Crippen LogP contribution is -2.35. The van der Waals surface area contributed by atoms with Crippen molar-refractivity contribution < 1.29 is 23.5 Å². The Hall–Kier alpha value is -2.93. The molecule has 0 unspecified atom stereocenters. The molecular formula is C18H19FN2O4. The number of hydrogen-bond acceptors (Lipinski definition) is 4. The summed E-state index contributed by atoms with van der Waals surface area (Å²) in [5.74, 6) is -1.75. The Balaban J connectivity index is 1.93. The van der Waals surface area contributed by atoms with Crippen LogP contribution in [0.25, 0.3) is 0 Å². The monoisotopic (exact) mass is 346 g/mol. The van der Waals surface area contributed by atoms with Crippen LogP contribution in [0.2, 0.25) is 0 Å². The third kappa shape index (κ3) is 5.58. The molecule has 6 nitrogen and oxygen atoms in total. The highest BCUT2D eigenvalue weighted by Gasteiger charge is 2.16. The van der Waals surface area contributed by atoms with Gasteiger partial charge in [0, 0.05) is 19.2 Å². The molecule has 2 N–H and O–H groups in total. The summed E-state index contributed by atoms with van der Waals surface area (Å²) in [7, 11) is 1.55. The average molecular weight is 346 g/mol. The summed E-state index contributed by atoms with van der Waals surface area (Å²) >= 11 is 0. The van der Waals surface area contributed by atoms with Crippen LogP contribution in [0.5, 0.6) is 5.75 Å². The Kier molecular flexibility index (Phi) is 6.91. The van der Waals surface area contributed by atoms with Crippen molar-refractivity contribution >= 4 is 17.5 Å². The second kappa shape index (κ2) is 9.39. The number of ether oxygens (including phenoxy) is 2. The van der Waals surface area contributed by atoms with Crippen LogP contribution in [0.15, 0.2) is 48.5 Å². The Labute approximate surface area is 144 Å². The predicted molar refractivity (Wildman–Crippen MR) is 90.7 cm³/mol. The van der Waals surface area contributed by atoms with Gasteiger partial charge in [-0.05, 0) is 18.2 Å². The van der Waals surface area contributed by atoms with Crippen molar-refractivity contribution in [2.75, 3.05) is 25.6 Å². The summed E-state index contributed by atoms with van der Waals surface area (Å²) in [5, 5.41) is 4.86. The number of carbonyl (C=O) groups excluding carboxylic acids is 2. The third-order valence-corrected chi connectivity index (χ3v) is 3.28. The summed E-state index contributed by atoms with van der Waals surface area (Å²) in [4.78, 5) is 23.9. The van der Waals surface area contributed by atoms with E-state index in [1.54, 1.807) is 43.5 Å². The highest BCUT2D eigenvalue weighted by Crippen LogP contribution is 2.23. The third-order valence-electron chi connectivity index (χ3n) is 3.28. The first-order valence-corrected chi connectivity index (χ1v) is 7.65. The van der Waals surface area contributed by atoms with Crippen LogP contribution in [0.3, 0.4) is 0 Å². The minimum Gasteiger partial charge on any atom is -0.489 e. The van der Waals surface area contributed by atoms with Crippen molar-refractivity contribution in [2.24, 2.45) is 0 Å². The molecule has 7 heteroatoms. The van der Waals surface area contributed by atoms with E-state index in [-0.39, 0.29) is 6.54 Å². The predicted octanol–water partition coefficient (Wildman–Crippen LogP) is 2.11. The summed E-state index contributed by atoms with van der Waals surface area (Å²) in [6.45, 7) is 0.624. The molecule has 0 saturated carbocycles. The van der Waals surface area contributed by atoms with Gasteiger partial charge in [-0.1, -0.05) is 30.3 Å². The molecule has 0 radical (unpaired) electrons. The van der Waals surface area contributed by atoms with E-state index in [1.165, 1.54) is 12.1 Å². The molecule has 0 aliphatic carbocycles. The molecule has 0 aromatic heterocycles. The van der Waals surface area contributed by atoms with Crippen LogP contribution in [-0.4, -0.2) is 32.1 Å². The molecule has 0 spiro atoms. The van der Waals surface area contributed by atoms with Gasteiger partial charge >= 0.3 is 11.8 Å². The van der Waals surface area contributed by atoms with Crippen molar-refractivity contribution in [3.63, 3.8) is 0 Å². The van der Waals surface area contributed by atoms with Gasteiger partial charge in [-0.25, -0.2) is 4.39 Å². The molecule has 0 saturated heterocycles. The normalized spacial score (nSPS) is 10.2. The van der Waals surface area contributed by atoms with E-state index >= 15 is 0 Å². The molecule has 0 fully saturated rings. The lowest BCUT2D eigenvalue weighted by molar-refractivity contribution is -0.136. The van der Waals surface area contributed by atoms with E-state index in [9.17, 15) is 14.0 Å². The van der Waals surface area contributed by atoms with Crippen LogP contribution >= 0.6 is 0 Å². The summed E-state index contributed by atoms with van der Waals surface area (Å²) in [5.41, 5.74) is 0.664. The first kappa shape index (κ1) is 18.4. The number of benzene rings is 2. The maximum Gasteiger partial charge on any atom is 0.313 e. The molecule has 0 atom stereocenters. The zero-order valence-electron chi connectivity index (χ0n) is 13.8. The fourth-order valence-corrected chi connectivity index (χ4v) is 2.01. The van der Waals surface area contributed by atoms with Crippen molar-refractivity contribution in [3.8, 4) is 5.75 Å². The first-order chi connectivity index (χ1) is 12.1. The molecule has 25 heavy (non-hydrogen) atoms. The van der Waals surface area contributed by atoms with E-state index in [4.69, 9.17) is 9.47 Å². The number of anilines is 1. The number of para-hydroxylation sites is 2. The highest BCUT2D eigenvalue weighted by molar-refractivity contribution is 6.39. The van der Waals surface area contributed by atoms with Crippen LogP contribution in [-0.2, 0) is 20.9 Å². The number of hydrogen-bond donors (Lipinski definition) is 2. The maximum atomic E-state index is 13.5. The second-order valence-corrected chi connectivity index (χ2v) is 5.07. The van der Waals surface area contributed by atoms with E-state index in [2.05, 4.69) is 10.6 Å². The standard InChI is InChI=1S/C18H19FN2O4/c1-24-10-11-25-16-9-5-4-8-15(16)21-18(23)17(22)20-12-13-6-2-3-7-14(13)19/h2-9H,10-12H2,1H3,(H,20,22)(H,21,23). The molecule has 2 amide bonds. The van der Waals surface area contributed by atoms with E-state index < -0.39 is 17.6 Å². The highest BCUT2D eigenvalue weighted by atomic mass is 19.1. The molecule has 2 aromatic carbocycles. The van der Waals surface area contributed by atoms with Crippen LogP contribution in [0.4, 0.5) is 10.1 Å². The molecule has 0 bridgehead atoms. The molecule has 0 aliphatic rings. The van der Waals surface area contributed by atoms with Crippen molar-refractivity contribution in [1.82, 2.24) is 5.32 Å². The fraction of sp³-hybridized carbons (Fsp3) is 0.222. The van der Waals surface area contributed by atoms with Crippen LogP contribution < -0.4 is 15.4 Å². The zero-order chi connectivity index (χ0) is 18.1. The smallest absolute Gasteiger partial charge is 0.313 e. The Morgan fingerprint density at radius 2 is 1.72 bits per heavy atom. The molecule has 2 aromatic rings. The van der Waals surface area contributed by atoms with Crippen molar-refractivity contribution in [1.29, 1.82) is 0 Å². The Morgan fingerprint density at radius 1 is 1.00 bits per heavy atom. The minimum absolute atomic E-state index is 0.0785. The van der Waals surface area contributed by atoms with E-state index in [0.717, 1.165) is 0 Å². The molecule has 0 aliphatic heterocycles. The number of halogens is 1. The topological polar surface area (TPSA) is 76.7 Å². The second-order valence-electron chi connectivity index (χ2n) is 5.07. The minimum atomic E-state index is -0.866. The Bertz CT molecular complexity index is 737. The van der Waals surface area contributed by atoms with E-state index in [1.807, 2.05) is 0 Å². The first-order valence-electron chi connectivity index (χ1n) is 7.65. The van der Waals surface area contributed by atoms with Crippen molar-refractivity contribution in [3.05, 3.63) is 59.9 Å². The number of nitrogens with one attached hydrogen (secondary N) is 2. The SMILES string of the molecule is COCCOc1ccccc1NC(=O)C(=O)NCc1ccccc1F. The molecule has 0 heterocycles. The maximum absolute atomic E-state index is 13.5. The molecule has 132 valence electrons. The van der Waals surface area contributed by atoms with Gasteiger partial charge in [0.05, 0.1) is 12.3 Å². The van der Waals surface area contributed by atoms with Gasteiger partial charge in [0.1, 0.15) is 18.2 Å². The van der Waals surface area contributed by atoms with Gasteiger partial charge in [0.15, 0.2) is 0 Å².